The highest BCUT2D eigenvalue weighted by Gasteiger charge is 2.65. The van der Waals surface area contributed by atoms with Crippen LogP contribution < -0.4 is 15.4 Å². The smallest absolute Gasteiger partial charge is 0.417 e. The van der Waals surface area contributed by atoms with Crippen molar-refractivity contribution >= 4 is 17.5 Å². The number of pyridine rings is 1. The van der Waals surface area contributed by atoms with Gasteiger partial charge in [0.15, 0.2) is 17.2 Å². The van der Waals surface area contributed by atoms with Crippen molar-refractivity contribution in [3.63, 3.8) is 0 Å². The van der Waals surface area contributed by atoms with E-state index in [1.807, 2.05) is 0 Å². The molecular weight excluding hydrogens is 515 g/mol. The van der Waals surface area contributed by atoms with Gasteiger partial charge in [0, 0.05) is 55.5 Å². The zero-order chi connectivity index (χ0) is 27.8. The summed E-state index contributed by atoms with van der Waals surface area (Å²) in [6.07, 6.45) is -5.35. The third kappa shape index (κ3) is 4.92. The van der Waals surface area contributed by atoms with E-state index in [1.165, 1.54) is 25.3 Å². The van der Waals surface area contributed by atoms with Crippen LogP contribution in [0.5, 0.6) is 5.75 Å². The van der Waals surface area contributed by atoms with Crippen LogP contribution in [-0.2, 0) is 9.53 Å². The van der Waals surface area contributed by atoms with E-state index in [1.54, 1.807) is 4.90 Å². The molecule has 3 heterocycles. The number of amides is 2. The Bertz CT molecular complexity index is 1220. The van der Waals surface area contributed by atoms with Gasteiger partial charge in [0.1, 0.15) is 11.8 Å². The van der Waals surface area contributed by atoms with Crippen LogP contribution in [0.2, 0.25) is 0 Å². The van der Waals surface area contributed by atoms with Gasteiger partial charge < -0.3 is 25.0 Å². The number of alkyl halides is 3. The Morgan fingerprint density at radius 2 is 1.89 bits per heavy atom. The maximum absolute atomic E-state index is 14.5. The normalized spacial score (nSPS) is 25.8. The zero-order valence-electron chi connectivity index (χ0n) is 20.9. The van der Waals surface area contributed by atoms with Gasteiger partial charge >= 0.3 is 6.18 Å². The maximum atomic E-state index is 14.5. The lowest BCUT2D eigenvalue weighted by Gasteiger charge is -2.32. The molecule has 13 heteroatoms. The van der Waals surface area contributed by atoms with Gasteiger partial charge in [0.05, 0.1) is 7.11 Å². The molecule has 2 N–H and O–H groups in total. The quantitative estimate of drug-likeness (QED) is 0.563. The summed E-state index contributed by atoms with van der Waals surface area (Å²) in [6.45, 7) is 4.21. The van der Waals surface area contributed by atoms with E-state index in [-0.39, 0.29) is 22.9 Å². The number of nitrogens with one attached hydrogen (secondary N) is 2. The summed E-state index contributed by atoms with van der Waals surface area (Å²) in [5, 5.41) is 5.62. The lowest BCUT2D eigenvalue weighted by Crippen LogP contribution is -2.47. The van der Waals surface area contributed by atoms with E-state index in [2.05, 4.69) is 15.6 Å². The molecule has 0 spiro atoms. The standard InChI is InChI=1S/C25H27F5N4O4/c1-13-18(15-4-5-16(26)19(27)20(15)37-3)21(38-24(13,2)25(28,29)30)22(35)33-14-6-7-32-17(12-14)23(36)34-10-8-31-9-11-34/h4-7,12-13,18,21,31H,8-11H2,1-3H3,(H,32,33,35)/t13-,18-,21+,24+/m0/s1. The molecule has 1 aromatic carbocycles. The molecule has 8 nitrogen and oxygen atoms in total. The number of anilines is 1. The molecule has 0 bridgehead atoms. The molecule has 1 aromatic heterocycles. The molecule has 0 unspecified atom stereocenters. The number of benzene rings is 1. The van der Waals surface area contributed by atoms with Crippen molar-refractivity contribution in [2.45, 2.75) is 37.6 Å². The van der Waals surface area contributed by atoms with Crippen molar-refractivity contribution in [3.05, 3.63) is 53.4 Å². The number of hydrogen-bond donors (Lipinski definition) is 2. The fraction of sp³-hybridized carbons (Fsp3) is 0.480. The molecule has 2 amide bonds. The van der Waals surface area contributed by atoms with Crippen molar-refractivity contribution in [2.75, 3.05) is 38.6 Å². The molecule has 38 heavy (non-hydrogen) atoms. The van der Waals surface area contributed by atoms with Gasteiger partial charge in [-0.2, -0.15) is 17.6 Å². The molecule has 2 aromatic rings. The second-order valence-corrected chi connectivity index (χ2v) is 9.40. The zero-order valence-corrected chi connectivity index (χ0v) is 20.9. The number of carbonyl (C=O) groups is 2. The summed E-state index contributed by atoms with van der Waals surface area (Å²) < 4.78 is 81.1. The Labute approximate surface area is 215 Å². The number of methoxy groups -OCH3 is 1. The first-order valence-electron chi connectivity index (χ1n) is 11.9. The SMILES string of the molecule is COc1c([C@H]2[C@H](C(=O)Nc3ccnc(C(=O)N4CCNCC4)c3)O[C@@](C)(C(F)(F)F)[C@H]2C)ccc(F)c1F. The van der Waals surface area contributed by atoms with Crippen LogP contribution in [0.3, 0.4) is 0 Å². The van der Waals surface area contributed by atoms with Crippen LogP contribution in [0.25, 0.3) is 0 Å². The Morgan fingerprint density at radius 3 is 2.53 bits per heavy atom. The second kappa shape index (κ2) is 10.4. The fourth-order valence-electron chi connectivity index (χ4n) is 4.91. The number of halogens is 5. The molecular formula is C25H27F5N4O4. The first kappa shape index (κ1) is 27.7. The number of aromatic nitrogens is 1. The minimum atomic E-state index is -4.88. The van der Waals surface area contributed by atoms with E-state index in [9.17, 15) is 31.5 Å². The van der Waals surface area contributed by atoms with Crippen LogP contribution in [0.1, 0.15) is 35.8 Å². The van der Waals surface area contributed by atoms with Crippen LogP contribution in [-0.4, -0.2) is 72.9 Å². The van der Waals surface area contributed by atoms with Crippen molar-refractivity contribution in [1.82, 2.24) is 15.2 Å². The van der Waals surface area contributed by atoms with Crippen LogP contribution in [0.4, 0.5) is 27.6 Å². The molecule has 0 saturated carbocycles. The van der Waals surface area contributed by atoms with Gasteiger partial charge in [-0.3, -0.25) is 14.6 Å². The summed E-state index contributed by atoms with van der Waals surface area (Å²) in [5.41, 5.74) is -2.77. The lowest BCUT2D eigenvalue weighted by atomic mass is 9.77. The van der Waals surface area contributed by atoms with Gasteiger partial charge in [-0.25, -0.2) is 4.39 Å². The summed E-state index contributed by atoms with van der Waals surface area (Å²) in [4.78, 5) is 31.8. The van der Waals surface area contributed by atoms with Gasteiger partial charge in [-0.05, 0) is 25.1 Å². The highest BCUT2D eigenvalue weighted by molar-refractivity contribution is 5.98. The number of hydrogen-bond acceptors (Lipinski definition) is 6. The minimum Gasteiger partial charge on any atom is -0.493 e. The second-order valence-electron chi connectivity index (χ2n) is 9.40. The van der Waals surface area contributed by atoms with Crippen molar-refractivity contribution in [2.24, 2.45) is 5.92 Å². The average Bonchev–Trinajstić information content (AvgIpc) is 3.17. The van der Waals surface area contributed by atoms with Gasteiger partial charge in [-0.15, -0.1) is 0 Å². The lowest BCUT2D eigenvalue weighted by molar-refractivity contribution is -0.272. The molecule has 4 atom stereocenters. The van der Waals surface area contributed by atoms with Crippen molar-refractivity contribution in [1.29, 1.82) is 0 Å². The molecule has 2 fully saturated rings. The van der Waals surface area contributed by atoms with Crippen molar-refractivity contribution < 1.29 is 41.0 Å². The van der Waals surface area contributed by atoms with E-state index >= 15 is 0 Å². The molecule has 2 saturated heterocycles. The maximum Gasteiger partial charge on any atom is 0.417 e. The number of ether oxygens (including phenoxy) is 2. The number of nitrogens with zero attached hydrogens (tertiary/aromatic N) is 2. The summed E-state index contributed by atoms with van der Waals surface area (Å²) in [5.74, 6) is -7.31. The van der Waals surface area contributed by atoms with Crippen LogP contribution in [0.15, 0.2) is 30.5 Å². The molecule has 0 radical (unpaired) electrons. The summed E-state index contributed by atoms with van der Waals surface area (Å²) >= 11 is 0. The first-order valence-corrected chi connectivity index (χ1v) is 11.9. The highest BCUT2D eigenvalue weighted by atomic mass is 19.4. The predicted molar refractivity (Wildman–Crippen MR) is 126 cm³/mol. The summed E-state index contributed by atoms with van der Waals surface area (Å²) in [6, 6.07) is 4.54. The van der Waals surface area contributed by atoms with Gasteiger partial charge in [-0.1, -0.05) is 13.0 Å². The number of rotatable bonds is 5. The third-order valence-electron chi connectivity index (χ3n) is 7.22. The Morgan fingerprint density at radius 1 is 1.21 bits per heavy atom. The molecule has 2 aliphatic heterocycles. The molecule has 0 aliphatic carbocycles. The summed E-state index contributed by atoms with van der Waals surface area (Å²) in [7, 11) is 1.05. The minimum absolute atomic E-state index is 0.0457. The molecule has 2 aliphatic rings. The monoisotopic (exact) mass is 542 g/mol. The van der Waals surface area contributed by atoms with E-state index in [4.69, 9.17) is 9.47 Å². The Kier molecular flexibility index (Phi) is 7.62. The topological polar surface area (TPSA) is 92.8 Å². The van der Waals surface area contributed by atoms with Crippen LogP contribution >= 0.6 is 0 Å². The van der Waals surface area contributed by atoms with E-state index in [0.717, 1.165) is 26.2 Å². The predicted octanol–water partition coefficient (Wildman–Crippen LogP) is 3.49. The largest absolute Gasteiger partial charge is 0.493 e. The number of carbonyl (C=O) groups excluding carboxylic acids is 2. The van der Waals surface area contributed by atoms with E-state index in [0.29, 0.717) is 26.2 Å². The fourth-order valence-corrected chi connectivity index (χ4v) is 4.91. The highest BCUT2D eigenvalue weighted by Crippen LogP contribution is 2.55. The van der Waals surface area contributed by atoms with E-state index < -0.39 is 53.0 Å². The van der Waals surface area contributed by atoms with Gasteiger partial charge in [0.25, 0.3) is 11.8 Å². The molecule has 206 valence electrons. The Hall–Kier alpha value is -3.32. The number of piperazine rings is 1. The molecule has 4 rings (SSSR count). The van der Waals surface area contributed by atoms with Gasteiger partial charge in [0.2, 0.25) is 5.82 Å². The van der Waals surface area contributed by atoms with Crippen LogP contribution in [0, 0.1) is 17.6 Å². The van der Waals surface area contributed by atoms with Crippen molar-refractivity contribution in [3.8, 4) is 5.75 Å². The Balaban J connectivity index is 1.67. The first-order chi connectivity index (χ1) is 17.9. The average molecular weight is 543 g/mol. The third-order valence-corrected chi connectivity index (χ3v) is 7.22.